The van der Waals surface area contributed by atoms with Gasteiger partial charge in [-0.3, -0.25) is 0 Å². The van der Waals surface area contributed by atoms with Crippen molar-refractivity contribution in [3.8, 4) is 16.9 Å². The van der Waals surface area contributed by atoms with E-state index in [9.17, 15) is 0 Å². The van der Waals surface area contributed by atoms with Crippen LogP contribution in [-0.4, -0.2) is 12.1 Å². The summed E-state index contributed by atoms with van der Waals surface area (Å²) in [5.41, 5.74) is 8.77. The van der Waals surface area contributed by atoms with Crippen LogP contribution in [0.4, 0.5) is 5.82 Å². The van der Waals surface area contributed by atoms with Crippen LogP contribution in [0.3, 0.4) is 0 Å². The number of anilines is 1. The van der Waals surface area contributed by atoms with Gasteiger partial charge in [0.1, 0.15) is 11.6 Å². The van der Waals surface area contributed by atoms with E-state index < -0.39 is 0 Å². The highest BCUT2D eigenvalue weighted by Crippen LogP contribution is 2.31. The molecular formula is C16H14N2O. The van der Waals surface area contributed by atoms with Crippen LogP contribution in [0.15, 0.2) is 54.6 Å². The lowest BCUT2D eigenvalue weighted by Crippen LogP contribution is -1.91. The molecule has 3 nitrogen and oxygen atoms in total. The van der Waals surface area contributed by atoms with Crippen LogP contribution in [-0.2, 0) is 0 Å². The van der Waals surface area contributed by atoms with Gasteiger partial charge < -0.3 is 10.5 Å². The van der Waals surface area contributed by atoms with E-state index in [1.165, 1.54) is 0 Å². The fraction of sp³-hybridized carbons (Fsp3) is 0.0625. The fourth-order valence-corrected chi connectivity index (χ4v) is 2.19. The number of nitrogens with zero attached hydrogens (tertiary/aromatic N) is 1. The third-order valence-electron chi connectivity index (χ3n) is 3.13. The van der Waals surface area contributed by atoms with Crippen molar-refractivity contribution >= 4 is 16.7 Å². The summed E-state index contributed by atoms with van der Waals surface area (Å²) in [6.07, 6.45) is 0. The number of hydrogen-bond donors (Lipinski definition) is 1. The maximum Gasteiger partial charge on any atom is 0.126 e. The van der Waals surface area contributed by atoms with Gasteiger partial charge in [-0.25, -0.2) is 4.98 Å². The van der Waals surface area contributed by atoms with E-state index in [2.05, 4.69) is 11.1 Å². The van der Waals surface area contributed by atoms with Crippen molar-refractivity contribution in [2.75, 3.05) is 12.8 Å². The highest BCUT2D eigenvalue weighted by Gasteiger charge is 2.06. The van der Waals surface area contributed by atoms with Crippen LogP contribution in [0.25, 0.3) is 22.0 Å². The van der Waals surface area contributed by atoms with Gasteiger partial charge in [-0.15, -0.1) is 0 Å². The second kappa shape index (κ2) is 4.61. The lowest BCUT2D eigenvalue weighted by atomic mass is 10.0. The third kappa shape index (κ3) is 2.10. The molecule has 0 aliphatic carbocycles. The summed E-state index contributed by atoms with van der Waals surface area (Å²) in [6.45, 7) is 0. The topological polar surface area (TPSA) is 48.1 Å². The molecule has 3 aromatic rings. The van der Waals surface area contributed by atoms with Crippen molar-refractivity contribution in [2.45, 2.75) is 0 Å². The van der Waals surface area contributed by atoms with Crippen molar-refractivity contribution in [1.29, 1.82) is 0 Å². The highest BCUT2D eigenvalue weighted by atomic mass is 16.5. The van der Waals surface area contributed by atoms with Gasteiger partial charge in [0, 0.05) is 10.9 Å². The molecule has 0 amide bonds. The Bertz CT molecular complexity index is 738. The number of benzene rings is 2. The van der Waals surface area contributed by atoms with Gasteiger partial charge in [-0.2, -0.15) is 0 Å². The number of nitrogen functional groups attached to an aromatic ring is 1. The van der Waals surface area contributed by atoms with Gasteiger partial charge in [-0.1, -0.05) is 24.3 Å². The van der Waals surface area contributed by atoms with E-state index in [1.807, 2.05) is 48.5 Å². The molecule has 19 heavy (non-hydrogen) atoms. The van der Waals surface area contributed by atoms with E-state index in [0.717, 1.165) is 27.8 Å². The minimum atomic E-state index is 0.539. The summed E-state index contributed by atoms with van der Waals surface area (Å²) < 4.78 is 5.40. The molecule has 2 N–H and O–H groups in total. The van der Waals surface area contributed by atoms with Crippen LogP contribution < -0.4 is 10.5 Å². The molecule has 0 saturated carbocycles. The molecule has 3 rings (SSSR count). The van der Waals surface area contributed by atoms with Crippen molar-refractivity contribution in [3.63, 3.8) is 0 Å². The maximum absolute atomic E-state index is 5.69. The zero-order chi connectivity index (χ0) is 13.2. The zero-order valence-corrected chi connectivity index (χ0v) is 10.6. The Morgan fingerprint density at radius 1 is 1.00 bits per heavy atom. The summed E-state index contributed by atoms with van der Waals surface area (Å²) in [4.78, 5) is 4.30. The number of rotatable bonds is 2. The molecule has 0 aliphatic heterocycles. The average Bonchev–Trinajstić information content (AvgIpc) is 2.46. The molecule has 0 bridgehead atoms. The quantitative estimate of drug-likeness (QED) is 0.757. The number of nitrogens with two attached hydrogens (primary N) is 1. The molecule has 0 saturated heterocycles. The van der Waals surface area contributed by atoms with Gasteiger partial charge in [-0.05, 0) is 35.9 Å². The van der Waals surface area contributed by atoms with Gasteiger partial charge in [0.05, 0.1) is 12.6 Å². The Hall–Kier alpha value is -2.55. The largest absolute Gasteiger partial charge is 0.496 e. The second-order valence-electron chi connectivity index (χ2n) is 4.34. The van der Waals surface area contributed by atoms with Crippen molar-refractivity contribution in [1.82, 2.24) is 4.98 Å². The van der Waals surface area contributed by atoms with Crippen molar-refractivity contribution < 1.29 is 4.74 Å². The minimum absolute atomic E-state index is 0.539. The Kier molecular flexibility index (Phi) is 2.80. The molecule has 94 valence electrons. The first-order valence-corrected chi connectivity index (χ1v) is 6.07. The van der Waals surface area contributed by atoms with Crippen molar-refractivity contribution in [3.05, 3.63) is 54.6 Å². The summed E-state index contributed by atoms with van der Waals surface area (Å²) in [5, 5.41) is 1.07. The fourth-order valence-electron chi connectivity index (χ4n) is 2.19. The van der Waals surface area contributed by atoms with Crippen LogP contribution in [0.5, 0.6) is 5.75 Å². The Morgan fingerprint density at radius 3 is 2.68 bits per heavy atom. The number of fused-ring (bicyclic) bond motifs is 1. The lowest BCUT2D eigenvalue weighted by molar-refractivity contribution is 0.416. The summed E-state index contributed by atoms with van der Waals surface area (Å²) in [5.74, 6) is 1.41. The summed E-state index contributed by atoms with van der Waals surface area (Å²) in [6, 6.07) is 17.9. The smallest absolute Gasteiger partial charge is 0.126 e. The predicted molar refractivity (Wildman–Crippen MR) is 78.1 cm³/mol. The average molecular weight is 250 g/mol. The molecule has 0 fully saturated rings. The van der Waals surface area contributed by atoms with E-state index in [-0.39, 0.29) is 0 Å². The van der Waals surface area contributed by atoms with E-state index in [0.29, 0.717) is 5.82 Å². The standard InChI is InChI=1S/C16H14N2O/c1-19-15-5-3-2-4-13(15)11-6-8-14-12(10-11)7-9-16(17)18-14/h2-10H,1H3,(H2,17,18). The SMILES string of the molecule is COc1ccccc1-c1ccc2nc(N)ccc2c1. The summed E-state index contributed by atoms with van der Waals surface area (Å²) >= 11 is 0. The molecule has 0 unspecified atom stereocenters. The van der Waals surface area contributed by atoms with Crippen LogP contribution in [0.2, 0.25) is 0 Å². The molecule has 3 heteroatoms. The molecule has 1 aromatic heterocycles. The first kappa shape index (κ1) is 11.5. The monoisotopic (exact) mass is 250 g/mol. The maximum atomic E-state index is 5.69. The van der Waals surface area contributed by atoms with Gasteiger partial charge in [0.15, 0.2) is 0 Å². The van der Waals surface area contributed by atoms with Crippen LogP contribution in [0, 0.1) is 0 Å². The zero-order valence-electron chi connectivity index (χ0n) is 10.6. The van der Waals surface area contributed by atoms with E-state index in [4.69, 9.17) is 10.5 Å². The first-order chi connectivity index (χ1) is 9.28. The number of methoxy groups -OCH3 is 1. The highest BCUT2D eigenvalue weighted by molar-refractivity contribution is 5.86. The normalized spacial score (nSPS) is 10.6. The van der Waals surface area contributed by atoms with Gasteiger partial charge >= 0.3 is 0 Å². The molecule has 0 atom stereocenters. The Morgan fingerprint density at radius 2 is 1.84 bits per heavy atom. The molecule has 0 radical (unpaired) electrons. The number of ether oxygens (including phenoxy) is 1. The Balaban J connectivity index is 2.18. The number of hydrogen-bond acceptors (Lipinski definition) is 3. The van der Waals surface area contributed by atoms with Gasteiger partial charge in [0.2, 0.25) is 0 Å². The predicted octanol–water partition coefficient (Wildman–Crippen LogP) is 3.49. The number of aromatic nitrogens is 1. The number of pyridine rings is 1. The third-order valence-corrected chi connectivity index (χ3v) is 3.13. The summed E-state index contributed by atoms with van der Waals surface area (Å²) in [7, 11) is 1.68. The van der Waals surface area contributed by atoms with Crippen LogP contribution >= 0.6 is 0 Å². The van der Waals surface area contributed by atoms with Crippen molar-refractivity contribution in [2.24, 2.45) is 0 Å². The van der Waals surface area contributed by atoms with E-state index in [1.54, 1.807) is 7.11 Å². The minimum Gasteiger partial charge on any atom is -0.496 e. The molecular weight excluding hydrogens is 236 g/mol. The first-order valence-electron chi connectivity index (χ1n) is 6.07. The molecule has 0 aliphatic rings. The molecule has 0 spiro atoms. The van der Waals surface area contributed by atoms with Gasteiger partial charge in [0.25, 0.3) is 0 Å². The lowest BCUT2D eigenvalue weighted by Gasteiger charge is -2.09. The Labute approximate surface area is 111 Å². The second-order valence-corrected chi connectivity index (χ2v) is 4.34. The number of para-hydroxylation sites is 1. The molecule has 1 heterocycles. The molecule has 2 aromatic carbocycles. The van der Waals surface area contributed by atoms with Crippen LogP contribution in [0.1, 0.15) is 0 Å². The van der Waals surface area contributed by atoms with E-state index >= 15 is 0 Å².